The van der Waals surface area contributed by atoms with Gasteiger partial charge in [0.1, 0.15) is 5.75 Å². The van der Waals surface area contributed by atoms with Crippen molar-refractivity contribution >= 4 is 186 Å². The maximum atomic E-state index is 12.6. The van der Waals surface area contributed by atoms with E-state index in [0.717, 1.165) is 175 Å². The molecule has 138 heavy (non-hydrogen) atoms. The van der Waals surface area contributed by atoms with Gasteiger partial charge in [0.25, 0.3) is 5.91 Å². The second kappa shape index (κ2) is 55.8. The molecule has 17 rings (SSSR count). The van der Waals surface area contributed by atoms with Gasteiger partial charge >= 0.3 is 24.2 Å². The van der Waals surface area contributed by atoms with Gasteiger partial charge in [-0.05, 0) is 111 Å². The molecule has 6 saturated heterocycles. The second-order valence-electron chi connectivity index (χ2n) is 32.5. The fourth-order valence-corrected chi connectivity index (χ4v) is 18.9. The molecule has 0 spiro atoms. The van der Waals surface area contributed by atoms with Gasteiger partial charge in [0, 0.05) is 268 Å². The van der Waals surface area contributed by atoms with Gasteiger partial charge < -0.3 is 84.2 Å². The number of carbonyl (C=O) groups is 6. The van der Waals surface area contributed by atoms with Crippen LogP contribution in [0.15, 0.2) is 244 Å². The molecule has 0 aliphatic carbocycles. The summed E-state index contributed by atoms with van der Waals surface area (Å²) in [7, 11) is 1.61. The summed E-state index contributed by atoms with van der Waals surface area (Å²) >= 11 is 56.1. The average Bonchev–Trinajstić information content (AvgIpc) is 1.26. The van der Waals surface area contributed by atoms with Crippen molar-refractivity contribution in [1.82, 2.24) is 64.6 Å². The van der Waals surface area contributed by atoms with Crippen molar-refractivity contribution < 1.29 is 38.2 Å². The Morgan fingerprint density at radius 3 is 1.08 bits per heavy atom. The topological polar surface area (TPSA) is 273 Å². The van der Waals surface area contributed by atoms with E-state index in [2.05, 4.69) is 75.3 Å². The molecule has 6 aliphatic rings. The first-order chi connectivity index (χ1) is 67.2. The minimum atomic E-state index is -0.338. The zero-order valence-electron chi connectivity index (χ0n) is 76.6. The molecule has 0 atom stereocenters. The molecule has 0 unspecified atom stereocenters. The van der Waals surface area contributed by atoms with Gasteiger partial charge in [-0.15, -0.1) is 0 Å². The number of anilines is 8. The first kappa shape index (κ1) is 105. The number of hydrogen-bond donors (Lipinski definition) is 3. The zero-order valence-corrected chi connectivity index (χ0v) is 83.4. The number of nitrogens with zero attached hydrogens (tertiary/aromatic N) is 18. The Bertz CT molecular complexity index is 5470. The lowest BCUT2D eigenvalue weighted by atomic mass is 10.1. The number of methoxy groups -OCH3 is 1. The van der Waals surface area contributed by atoms with Crippen molar-refractivity contribution in [3.8, 4) is 5.75 Å². The molecule has 0 radical (unpaired) electrons. The van der Waals surface area contributed by atoms with Crippen molar-refractivity contribution in [2.45, 2.75) is 44.9 Å². The second-order valence-corrected chi connectivity index (χ2v) is 36.2. The minimum absolute atomic E-state index is 0.0252. The Hall–Kier alpha value is -11.6. The zero-order chi connectivity index (χ0) is 97.3. The molecule has 728 valence electrons. The van der Waals surface area contributed by atoms with Gasteiger partial charge in [-0.25, -0.2) is 19.2 Å². The Labute approximate surface area is 851 Å². The monoisotopic (exact) mass is 2050 g/mol. The molecule has 6 aromatic heterocycles. The Balaban J connectivity index is 0.000000149. The van der Waals surface area contributed by atoms with Crippen LogP contribution in [0.5, 0.6) is 5.75 Å². The summed E-state index contributed by atoms with van der Waals surface area (Å²) in [5.74, 6) is 0.776. The number of benzene rings is 5. The normalized spacial score (nSPS) is 15.3. The lowest BCUT2D eigenvalue weighted by Crippen LogP contribution is -2.43. The third-order valence-corrected chi connectivity index (χ3v) is 25.7. The van der Waals surface area contributed by atoms with E-state index in [1.54, 1.807) is 103 Å². The lowest BCUT2D eigenvalue weighted by Gasteiger charge is -2.25. The number of nitrogens with one attached hydrogen (secondary N) is 3. The van der Waals surface area contributed by atoms with Crippen molar-refractivity contribution in [2.24, 2.45) is 0 Å². The molecular formula is C100H112Cl9N21O8. The fourth-order valence-electron chi connectivity index (χ4n) is 16.3. The van der Waals surface area contributed by atoms with E-state index in [1.807, 2.05) is 177 Å². The van der Waals surface area contributed by atoms with Crippen molar-refractivity contribution in [2.75, 3.05) is 217 Å². The van der Waals surface area contributed by atoms with Crippen LogP contribution in [0, 0.1) is 0 Å². The number of rotatable bonds is 15. The van der Waals surface area contributed by atoms with Gasteiger partial charge in [0.2, 0.25) is 5.91 Å². The van der Waals surface area contributed by atoms with E-state index in [-0.39, 0.29) is 36.0 Å². The van der Waals surface area contributed by atoms with E-state index in [1.165, 1.54) is 5.69 Å². The van der Waals surface area contributed by atoms with Crippen molar-refractivity contribution in [3.05, 3.63) is 301 Å². The van der Waals surface area contributed by atoms with Crippen LogP contribution < -0.4 is 50.1 Å². The molecule has 12 heterocycles. The predicted octanol–water partition coefficient (Wildman–Crippen LogP) is 20.1. The number of halogens is 9. The third-order valence-electron chi connectivity index (χ3n) is 23.2. The number of aromatic nitrogens is 6. The van der Waals surface area contributed by atoms with Crippen LogP contribution in [-0.2, 0) is 16.0 Å². The maximum absolute atomic E-state index is 12.6. The largest absolute Gasteiger partial charge is 0.415 e. The van der Waals surface area contributed by atoms with Crippen LogP contribution in [0.2, 0.25) is 45.2 Å². The summed E-state index contributed by atoms with van der Waals surface area (Å²) in [4.78, 5) is 122. The molecule has 38 heteroatoms. The molecule has 0 bridgehead atoms. The molecule has 6 aliphatic heterocycles. The van der Waals surface area contributed by atoms with E-state index >= 15 is 0 Å². The number of hydrogen-bond acceptors (Lipinski definition) is 20. The molecule has 9 amide bonds. The number of ether oxygens (including phenoxy) is 2. The lowest BCUT2D eigenvalue weighted by molar-refractivity contribution is -0.130. The van der Waals surface area contributed by atoms with Gasteiger partial charge in [0.15, 0.2) is 0 Å². The number of pyridine rings is 6. The molecule has 3 N–H and O–H groups in total. The van der Waals surface area contributed by atoms with Crippen LogP contribution in [-0.4, -0.2) is 273 Å². The van der Waals surface area contributed by atoms with Crippen LogP contribution in [0.1, 0.15) is 54.4 Å². The molecule has 11 aromatic rings. The number of amides is 9. The highest BCUT2D eigenvalue weighted by Crippen LogP contribution is 2.38. The SMILES string of the molecule is COCCNC(=O)N1CCCN(c2c(Cl)cncc2Cl)CC1.O=C(Cc1ccccc1)N1CCCN(c2c(Cl)cncc2Cl)CC1.O=C(Nc1ccccc1)N1CCCN(c2ccncc2)CC1.O=C(Nc1ccccc1)N1CCCN(c2ccncc2Cl)CC1.O=C(Oc1ccccc1)N1CCCN(c2c(Cl)cncc2Cl)CC1.O=C(c1ccccc1)N1CCCN(c2c(Cl)cncc2Cl)CC1. The van der Waals surface area contributed by atoms with Crippen LogP contribution in [0.25, 0.3) is 0 Å². The number of para-hydroxylation sites is 3. The van der Waals surface area contributed by atoms with Gasteiger partial charge in [-0.3, -0.25) is 39.5 Å². The van der Waals surface area contributed by atoms with Crippen LogP contribution in [0.3, 0.4) is 0 Å². The summed E-state index contributed by atoms with van der Waals surface area (Å²) in [5, 5.41) is 13.7. The first-order valence-corrected chi connectivity index (χ1v) is 49.1. The molecular weight excluding hydrogens is 1940 g/mol. The minimum Gasteiger partial charge on any atom is -0.410 e. The highest BCUT2D eigenvalue weighted by molar-refractivity contribution is 6.41. The standard InChI is InChI=1S/C18H19Cl2N3O.C17H17Cl2N3O2.C17H17Cl2N3O.C17H19ClN4O.C17H20N4O.C14H20Cl2N4O2/c19-15-12-21-13-16(20)18(15)23-8-4-7-22(9-10-23)17(24)11-14-5-2-1-3-6-14;18-14-11-20-12-15(19)16(14)21-7-4-8-22(10-9-21)17(23)24-13-5-2-1-3-6-13;18-14-11-20-12-15(19)16(14)21-7-4-8-22(10-9-21)17(23)13-5-2-1-3-6-13;18-15-13-19-8-7-16(15)21-9-4-10-22(12-11-21)17(23)20-14-5-2-1-3-6-14;22-17(19-15-5-2-1-3-6-15)21-12-4-11-20(13-14-21)16-7-9-18-10-8-16;1-22-8-3-18-14(21)20-5-2-4-19(6-7-20)13-11(15)9-17-10-12(13)16/h1-3,5-6,12-13H,4,7-11H2;1-3,5-6,11-12H,4,7-10H2;1-3,5-6,11-12H,4,7-10H2;1-3,5-8,13H,4,9-12H2,(H,20,23);1-3,5-10H,4,11-14H2,(H,19,22);9-10H,2-8H2,1H3,(H,18,21). The Kier molecular flexibility index (Phi) is 42.6. The molecule has 0 saturated carbocycles. The van der Waals surface area contributed by atoms with E-state index in [9.17, 15) is 28.8 Å². The van der Waals surface area contributed by atoms with Gasteiger partial charge in [-0.2, -0.15) is 0 Å². The van der Waals surface area contributed by atoms with Crippen molar-refractivity contribution in [3.63, 3.8) is 0 Å². The van der Waals surface area contributed by atoms with E-state index in [4.69, 9.17) is 114 Å². The maximum Gasteiger partial charge on any atom is 0.415 e. The number of urea groups is 3. The average molecular weight is 2060 g/mol. The predicted molar refractivity (Wildman–Crippen MR) is 556 cm³/mol. The highest BCUT2D eigenvalue weighted by atomic mass is 35.5. The summed E-state index contributed by atoms with van der Waals surface area (Å²) in [5.41, 5.74) is 8.74. The Morgan fingerprint density at radius 1 is 0.312 bits per heavy atom. The summed E-state index contributed by atoms with van der Waals surface area (Å²) < 4.78 is 10.3. The first-order valence-electron chi connectivity index (χ1n) is 45.7. The summed E-state index contributed by atoms with van der Waals surface area (Å²) in [6.45, 7) is 18.5. The summed E-state index contributed by atoms with van der Waals surface area (Å²) in [6.07, 6.45) is 25.1. The highest BCUT2D eigenvalue weighted by Gasteiger charge is 2.30. The number of carbonyl (C=O) groups excluding carboxylic acids is 6. The van der Waals surface area contributed by atoms with E-state index < -0.39 is 0 Å². The van der Waals surface area contributed by atoms with Crippen LogP contribution >= 0.6 is 104 Å². The Morgan fingerprint density at radius 2 is 0.645 bits per heavy atom. The third kappa shape index (κ3) is 32.2. The van der Waals surface area contributed by atoms with E-state index in [0.29, 0.717) is 143 Å². The van der Waals surface area contributed by atoms with Gasteiger partial charge in [0.05, 0.1) is 86.7 Å². The molecule has 29 nitrogen and oxygen atoms in total. The van der Waals surface area contributed by atoms with Crippen molar-refractivity contribution in [1.29, 1.82) is 0 Å². The summed E-state index contributed by atoms with van der Waals surface area (Å²) in [6, 6.07) is 53.2. The van der Waals surface area contributed by atoms with Crippen LogP contribution in [0.4, 0.5) is 64.7 Å². The van der Waals surface area contributed by atoms with Gasteiger partial charge in [-0.1, -0.05) is 208 Å². The molecule has 6 fully saturated rings. The smallest absolute Gasteiger partial charge is 0.410 e. The fraction of sp³-hybridized carbons (Fsp3) is 0.340. The molecule has 5 aromatic carbocycles. The quantitative estimate of drug-likeness (QED) is 0.0805.